The average molecular weight is 310 g/mol. The number of aromatic nitrogens is 1. The summed E-state index contributed by atoms with van der Waals surface area (Å²) in [7, 11) is 0. The zero-order valence-corrected chi connectivity index (χ0v) is 11.6. The van der Waals surface area contributed by atoms with Crippen LogP contribution in [0.4, 0.5) is 0 Å². The van der Waals surface area contributed by atoms with E-state index < -0.39 is 11.8 Å². The number of hydrogen-bond donors (Lipinski definition) is 2. The number of hydrazine groups is 1. The molecule has 102 valence electrons. The van der Waals surface area contributed by atoms with Crippen LogP contribution in [0.25, 0.3) is 0 Å². The third-order valence-electron chi connectivity index (χ3n) is 2.37. The lowest BCUT2D eigenvalue weighted by molar-refractivity contribution is 0.0846. The van der Waals surface area contributed by atoms with Gasteiger partial charge in [0, 0.05) is 16.8 Å². The highest BCUT2D eigenvalue weighted by Gasteiger charge is 2.09. The maximum atomic E-state index is 11.8. The molecule has 0 atom stereocenters. The number of pyridine rings is 1. The van der Waals surface area contributed by atoms with Gasteiger partial charge in [-0.3, -0.25) is 20.4 Å². The Labute approximate surface area is 124 Å². The first-order valence-corrected chi connectivity index (χ1v) is 6.29. The highest BCUT2D eigenvalue weighted by atomic mass is 35.5. The standard InChI is InChI=1S/C13H9Cl2N3O2/c14-10-3-1-2-8(6-10)12(19)17-18-13(20)9-4-5-11(15)16-7-9/h1-7H,(H,17,19)(H,18,20). The van der Waals surface area contributed by atoms with E-state index in [9.17, 15) is 9.59 Å². The molecule has 0 aliphatic heterocycles. The Morgan fingerprint density at radius 2 is 1.65 bits per heavy atom. The average Bonchev–Trinajstić information content (AvgIpc) is 2.45. The van der Waals surface area contributed by atoms with Gasteiger partial charge in [-0.25, -0.2) is 4.98 Å². The third kappa shape index (κ3) is 3.69. The molecule has 0 spiro atoms. The Hall–Kier alpha value is -2.11. The van der Waals surface area contributed by atoms with E-state index in [1.165, 1.54) is 24.4 Å². The van der Waals surface area contributed by atoms with Gasteiger partial charge in [0.25, 0.3) is 11.8 Å². The fraction of sp³-hybridized carbons (Fsp3) is 0. The summed E-state index contributed by atoms with van der Waals surface area (Å²) in [5, 5.41) is 0.718. The normalized spacial score (nSPS) is 9.90. The highest BCUT2D eigenvalue weighted by molar-refractivity contribution is 6.31. The summed E-state index contributed by atoms with van der Waals surface area (Å²) in [4.78, 5) is 27.3. The number of benzene rings is 1. The maximum absolute atomic E-state index is 11.8. The van der Waals surface area contributed by atoms with E-state index >= 15 is 0 Å². The minimum absolute atomic E-state index is 0.279. The van der Waals surface area contributed by atoms with Crippen molar-refractivity contribution in [1.29, 1.82) is 0 Å². The molecular weight excluding hydrogens is 301 g/mol. The Bertz CT molecular complexity index is 644. The number of carbonyl (C=O) groups is 2. The quantitative estimate of drug-likeness (QED) is 0.661. The zero-order chi connectivity index (χ0) is 14.5. The number of nitrogens with one attached hydrogen (secondary N) is 2. The van der Waals surface area contributed by atoms with Gasteiger partial charge in [0.15, 0.2) is 0 Å². The van der Waals surface area contributed by atoms with Crippen LogP contribution >= 0.6 is 23.2 Å². The van der Waals surface area contributed by atoms with Crippen molar-refractivity contribution in [3.05, 3.63) is 63.9 Å². The second-order valence-corrected chi connectivity index (χ2v) is 4.61. The first-order chi connectivity index (χ1) is 9.56. The molecule has 1 aromatic carbocycles. The molecule has 1 aromatic heterocycles. The fourth-order valence-corrected chi connectivity index (χ4v) is 1.70. The van der Waals surface area contributed by atoms with Gasteiger partial charge in [-0.05, 0) is 30.3 Å². The minimum Gasteiger partial charge on any atom is -0.267 e. The lowest BCUT2D eigenvalue weighted by Crippen LogP contribution is -2.41. The Kier molecular flexibility index (Phi) is 4.55. The Balaban J connectivity index is 1.96. The molecule has 2 aromatic rings. The van der Waals surface area contributed by atoms with Crippen molar-refractivity contribution in [2.45, 2.75) is 0 Å². The van der Waals surface area contributed by atoms with Crippen LogP contribution in [0.1, 0.15) is 20.7 Å². The van der Waals surface area contributed by atoms with E-state index in [1.54, 1.807) is 18.2 Å². The largest absolute Gasteiger partial charge is 0.271 e. The molecule has 2 N–H and O–H groups in total. The van der Waals surface area contributed by atoms with E-state index in [1.807, 2.05) is 0 Å². The van der Waals surface area contributed by atoms with Crippen molar-refractivity contribution in [1.82, 2.24) is 15.8 Å². The van der Waals surface area contributed by atoms with Gasteiger partial charge in [-0.1, -0.05) is 29.3 Å². The van der Waals surface area contributed by atoms with Gasteiger partial charge in [-0.2, -0.15) is 0 Å². The predicted molar refractivity (Wildman–Crippen MR) is 75.6 cm³/mol. The van der Waals surface area contributed by atoms with Crippen molar-refractivity contribution in [2.24, 2.45) is 0 Å². The van der Waals surface area contributed by atoms with Crippen LogP contribution in [-0.2, 0) is 0 Å². The minimum atomic E-state index is -0.496. The summed E-state index contributed by atoms with van der Waals surface area (Å²) in [6.45, 7) is 0. The second-order valence-electron chi connectivity index (χ2n) is 3.79. The smallest absolute Gasteiger partial charge is 0.267 e. The summed E-state index contributed by atoms with van der Waals surface area (Å²) in [5.74, 6) is -0.965. The molecule has 1 heterocycles. The van der Waals surface area contributed by atoms with Crippen LogP contribution < -0.4 is 10.9 Å². The molecule has 0 saturated carbocycles. The summed E-state index contributed by atoms with van der Waals surface area (Å²) < 4.78 is 0. The second kappa shape index (κ2) is 6.36. The number of rotatable bonds is 2. The Morgan fingerprint density at radius 3 is 2.25 bits per heavy atom. The van der Waals surface area contributed by atoms with E-state index in [4.69, 9.17) is 23.2 Å². The topological polar surface area (TPSA) is 71.1 Å². The van der Waals surface area contributed by atoms with Crippen molar-refractivity contribution in [3.63, 3.8) is 0 Å². The van der Waals surface area contributed by atoms with E-state index in [0.29, 0.717) is 10.6 Å². The number of amides is 2. The molecule has 0 aliphatic rings. The van der Waals surface area contributed by atoms with E-state index in [2.05, 4.69) is 15.8 Å². The van der Waals surface area contributed by atoms with Crippen LogP contribution in [0.3, 0.4) is 0 Å². The molecule has 0 radical (unpaired) electrons. The number of halogens is 2. The summed E-state index contributed by atoms with van der Waals surface area (Å²) in [5.41, 5.74) is 5.17. The monoisotopic (exact) mass is 309 g/mol. The predicted octanol–water partition coefficient (Wildman–Crippen LogP) is 2.46. The summed E-state index contributed by atoms with van der Waals surface area (Å²) >= 11 is 11.4. The lowest BCUT2D eigenvalue weighted by atomic mass is 10.2. The molecule has 2 amide bonds. The van der Waals surface area contributed by atoms with E-state index in [0.717, 1.165) is 0 Å². The molecule has 0 aliphatic carbocycles. The van der Waals surface area contributed by atoms with Crippen LogP contribution in [0.5, 0.6) is 0 Å². The highest BCUT2D eigenvalue weighted by Crippen LogP contribution is 2.10. The molecule has 20 heavy (non-hydrogen) atoms. The number of carbonyl (C=O) groups excluding carboxylic acids is 2. The number of nitrogens with zero attached hydrogens (tertiary/aromatic N) is 1. The van der Waals surface area contributed by atoms with E-state index in [-0.39, 0.29) is 10.7 Å². The van der Waals surface area contributed by atoms with Crippen LogP contribution in [0, 0.1) is 0 Å². The fourth-order valence-electron chi connectivity index (χ4n) is 1.40. The molecule has 0 unspecified atom stereocenters. The van der Waals surface area contributed by atoms with Crippen molar-refractivity contribution >= 4 is 35.0 Å². The zero-order valence-electron chi connectivity index (χ0n) is 10.1. The van der Waals surface area contributed by atoms with Gasteiger partial charge in [0.1, 0.15) is 5.15 Å². The summed E-state index contributed by atoms with van der Waals surface area (Å²) in [6, 6.07) is 9.34. The third-order valence-corrected chi connectivity index (χ3v) is 2.82. The first-order valence-electron chi connectivity index (χ1n) is 5.54. The molecule has 0 fully saturated rings. The van der Waals surface area contributed by atoms with Crippen molar-refractivity contribution in [3.8, 4) is 0 Å². The molecular formula is C13H9Cl2N3O2. The molecule has 5 nitrogen and oxygen atoms in total. The van der Waals surface area contributed by atoms with Crippen molar-refractivity contribution < 1.29 is 9.59 Å². The van der Waals surface area contributed by atoms with Crippen LogP contribution in [0.15, 0.2) is 42.6 Å². The first kappa shape index (κ1) is 14.3. The maximum Gasteiger partial charge on any atom is 0.271 e. The molecule has 7 heteroatoms. The van der Waals surface area contributed by atoms with Gasteiger partial charge in [0.2, 0.25) is 0 Å². The van der Waals surface area contributed by atoms with Crippen LogP contribution in [0.2, 0.25) is 10.2 Å². The molecule has 0 saturated heterocycles. The van der Waals surface area contributed by atoms with Gasteiger partial charge >= 0.3 is 0 Å². The van der Waals surface area contributed by atoms with Crippen molar-refractivity contribution in [2.75, 3.05) is 0 Å². The van der Waals surface area contributed by atoms with Gasteiger partial charge in [-0.15, -0.1) is 0 Å². The molecule has 2 rings (SSSR count). The lowest BCUT2D eigenvalue weighted by Gasteiger charge is -2.07. The SMILES string of the molecule is O=C(NNC(=O)c1cccc(Cl)c1)c1ccc(Cl)nc1. The summed E-state index contributed by atoms with van der Waals surface area (Å²) in [6.07, 6.45) is 1.31. The van der Waals surface area contributed by atoms with Gasteiger partial charge < -0.3 is 0 Å². The van der Waals surface area contributed by atoms with Crippen LogP contribution in [-0.4, -0.2) is 16.8 Å². The Morgan fingerprint density at radius 1 is 0.950 bits per heavy atom. The van der Waals surface area contributed by atoms with Gasteiger partial charge in [0.05, 0.1) is 5.56 Å². The number of hydrogen-bond acceptors (Lipinski definition) is 3. The molecule has 0 bridgehead atoms.